The number of para-hydroxylation sites is 1. The third-order valence-corrected chi connectivity index (χ3v) is 4.63. The lowest BCUT2D eigenvalue weighted by molar-refractivity contribution is -0.139. The quantitative estimate of drug-likeness (QED) is 0.803. The molecule has 1 unspecified atom stereocenters. The van der Waals surface area contributed by atoms with Gasteiger partial charge in [0, 0.05) is 13.6 Å². The summed E-state index contributed by atoms with van der Waals surface area (Å²) in [5.74, 6) is -0.609. The summed E-state index contributed by atoms with van der Waals surface area (Å²) in [6.07, 6.45) is -1.65. The summed E-state index contributed by atoms with van der Waals surface area (Å²) in [5.41, 5.74) is 4.36. The molecule has 1 aliphatic rings. The number of amides is 1. The maximum Gasteiger partial charge on any atom is 0.419 e. The Morgan fingerprint density at radius 2 is 1.92 bits per heavy atom. The van der Waals surface area contributed by atoms with Crippen LogP contribution < -0.4 is 10.5 Å². The predicted molar refractivity (Wildman–Crippen MR) is 90.6 cm³/mol. The van der Waals surface area contributed by atoms with Crippen LogP contribution in [-0.4, -0.2) is 47.8 Å². The molecule has 0 saturated heterocycles. The van der Waals surface area contributed by atoms with Crippen molar-refractivity contribution in [2.24, 2.45) is 5.73 Å². The van der Waals surface area contributed by atoms with Crippen LogP contribution in [-0.2, 0) is 11.0 Å². The van der Waals surface area contributed by atoms with Crippen LogP contribution in [0.5, 0.6) is 5.75 Å². The van der Waals surface area contributed by atoms with Crippen LogP contribution in [0.2, 0.25) is 0 Å². The molecule has 26 heavy (non-hydrogen) atoms. The molecule has 1 aliphatic carbocycles. The molecule has 0 heterocycles. The Balaban J connectivity index is 1.91. The van der Waals surface area contributed by atoms with Crippen molar-refractivity contribution in [2.45, 2.75) is 49.9 Å². The number of rotatable bonds is 6. The van der Waals surface area contributed by atoms with Crippen molar-refractivity contribution in [3.8, 4) is 5.75 Å². The van der Waals surface area contributed by atoms with Crippen molar-refractivity contribution in [3.63, 3.8) is 0 Å². The molecule has 0 bridgehead atoms. The molecular weight excluding hydrogens is 349 g/mol. The third-order valence-electron chi connectivity index (χ3n) is 4.63. The van der Waals surface area contributed by atoms with E-state index in [1.807, 2.05) is 0 Å². The standard InChI is InChI=1S/C18H25F3N2O3/c1-23(16(25)17(22)9-5-2-6-10-17)11-13(24)12-26-15-8-4-3-7-14(15)18(19,20)21/h3-4,7-8,13,24H,2,5-6,9-12,22H2,1H3. The van der Waals surface area contributed by atoms with Crippen molar-refractivity contribution in [3.05, 3.63) is 29.8 Å². The zero-order valence-corrected chi connectivity index (χ0v) is 14.8. The first-order chi connectivity index (χ1) is 12.1. The highest BCUT2D eigenvalue weighted by atomic mass is 19.4. The number of aliphatic hydroxyl groups excluding tert-OH is 1. The number of likely N-dealkylation sites (N-methyl/N-ethyl adjacent to an activating group) is 1. The van der Waals surface area contributed by atoms with Gasteiger partial charge >= 0.3 is 6.18 Å². The van der Waals surface area contributed by atoms with Crippen molar-refractivity contribution in [2.75, 3.05) is 20.2 Å². The number of ether oxygens (including phenoxy) is 1. The minimum atomic E-state index is -4.54. The molecular formula is C18H25F3N2O3. The van der Waals surface area contributed by atoms with E-state index in [1.54, 1.807) is 0 Å². The molecule has 0 spiro atoms. The van der Waals surface area contributed by atoms with E-state index >= 15 is 0 Å². The van der Waals surface area contributed by atoms with Crippen LogP contribution in [0.3, 0.4) is 0 Å². The number of nitrogens with zero attached hydrogens (tertiary/aromatic N) is 1. The van der Waals surface area contributed by atoms with Crippen LogP contribution >= 0.6 is 0 Å². The molecule has 3 N–H and O–H groups in total. The molecule has 1 aromatic carbocycles. The van der Waals surface area contributed by atoms with E-state index in [2.05, 4.69) is 0 Å². The monoisotopic (exact) mass is 374 g/mol. The van der Waals surface area contributed by atoms with Crippen LogP contribution in [0.1, 0.15) is 37.7 Å². The normalized spacial score (nSPS) is 18.2. The summed E-state index contributed by atoms with van der Waals surface area (Å²) in [4.78, 5) is 13.8. The molecule has 2 rings (SSSR count). The van der Waals surface area contributed by atoms with Gasteiger partial charge in [-0.25, -0.2) is 0 Å². The molecule has 8 heteroatoms. The van der Waals surface area contributed by atoms with E-state index in [4.69, 9.17) is 10.5 Å². The van der Waals surface area contributed by atoms with E-state index in [9.17, 15) is 23.1 Å². The Morgan fingerprint density at radius 1 is 1.31 bits per heavy atom. The summed E-state index contributed by atoms with van der Waals surface area (Å²) in [7, 11) is 1.53. The van der Waals surface area contributed by atoms with Gasteiger partial charge in [0.2, 0.25) is 5.91 Å². The van der Waals surface area contributed by atoms with Gasteiger partial charge in [0.05, 0.1) is 11.1 Å². The highest BCUT2D eigenvalue weighted by Crippen LogP contribution is 2.36. The lowest BCUT2D eigenvalue weighted by Gasteiger charge is -2.36. The topological polar surface area (TPSA) is 75.8 Å². The Morgan fingerprint density at radius 3 is 2.54 bits per heavy atom. The van der Waals surface area contributed by atoms with Crippen molar-refractivity contribution in [1.29, 1.82) is 0 Å². The minimum Gasteiger partial charge on any atom is -0.490 e. The highest BCUT2D eigenvalue weighted by Gasteiger charge is 2.38. The number of carbonyl (C=O) groups is 1. The van der Waals surface area contributed by atoms with Crippen LogP contribution in [0, 0.1) is 0 Å². The van der Waals surface area contributed by atoms with E-state index < -0.39 is 23.4 Å². The van der Waals surface area contributed by atoms with Gasteiger partial charge in [-0.1, -0.05) is 31.4 Å². The average Bonchev–Trinajstić information content (AvgIpc) is 2.59. The van der Waals surface area contributed by atoms with E-state index in [1.165, 1.54) is 30.1 Å². The molecule has 1 fully saturated rings. The molecule has 0 aromatic heterocycles. The fraction of sp³-hybridized carbons (Fsp3) is 0.611. The Bertz CT molecular complexity index is 616. The van der Waals surface area contributed by atoms with Crippen LogP contribution in [0.15, 0.2) is 24.3 Å². The fourth-order valence-corrected chi connectivity index (χ4v) is 3.24. The first kappa shape index (κ1) is 20.5. The van der Waals surface area contributed by atoms with Crippen LogP contribution in [0.25, 0.3) is 0 Å². The Kier molecular flexibility index (Phi) is 6.52. The van der Waals surface area contributed by atoms with Gasteiger partial charge < -0.3 is 20.5 Å². The highest BCUT2D eigenvalue weighted by molar-refractivity contribution is 5.86. The summed E-state index contributed by atoms with van der Waals surface area (Å²) in [5, 5.41) is 10.1. The maximum absolute atomic E-state index is 12.9. The van der Waals surface area contributed by atoms with Crippen LogP contribution in [0.4, 0.5) is 13.2 Å². The van der Waals surface area contributed by atoms with Gasteiger partial charge in [-0.3, -0.25) is 4.79 Å². The van der Waals surface area contributed by atoms with E-state index in [-0.39, 0.29) is 24.8 Å². The lowest BCUT2D eigenvalue weighted by atomic mass is 9.81. The second-order valence-electron chi connectivity index (χ2n) is 6.86. The Hall–Kier alpha value is -1.80. The number of aliphatic hydroxyl groups is 1. The van der Waals surface area contributed by atoms with Gasteiger partial charge in [-0.05, 0) is 25.0 Å². The maximum atomic E-state index is 12.9. The van der Waals surface area contributed by atoms with Gasteiger partial charge in [-0.15, -0.1) is 0 Å². The largest absolute Gasteiger partial charge is 0.490 e. The van der Waals surface area contributed by atoms with Gasteiger partial charge in [0.1, 0.15) is 18.5 Å². The zero-order valence-electron chi connectivity index (χ0n) is 14.8. The summed E-state index contributed by atoms with van der Waals surface area (Å²) < 4.78 is 43.9. The van der Waals surface area contributed by atoms with E-state index in [0.717, 1.165) is 25.3 Å². The molecule has 1 saturated carbocycles. The summed E-state index contributed by atoms with van der Waals surface area (Å²) in [6, 6.07) is 4.80. The molecule has 1 aromatic rings. The lowest BCUT2D eigenvalue weighted by Crippen LogP contribution is -2.56. The molecule has 5 nitrogen and oxygen atoms in total. The zero-order chi connectivity index (χ0) is 19.4. The summed E-state index contributed by atoms with van der Waals surface area (Å²) in [6.45, 7) is -0.422. The second-order valence-corrected chi connectivity index (χ2v) is 6.86. The van der Waals surface area contributed by atoms with Gasteiger partial charge in [0.25, 0.3) is 0 Å². The van der Waals surface area contributed by atoms with Crippen molar-refractivity contribution in [1.82, 2.24) is 4.90 Å². The molecule has 146 valence electrons. The number of hydrogen-bond acceptors (Lipinski definition) is 4. The van der Waals surface area contributed by atoms with Crippen molar-refractivity contribution < 1.29 is 27.8 Å². The van der Waals surface area contributed by atoms with Gasteiger partial charge in [0.15, 0.2) is 0 Å². The SMILES string of the molecule is CN(CC(O)COc1ccccc1C(F)(F)F)C(=O)C1(N)CCCCC1. The minimum absolute atomic E-state index is 0.0635. The number of halogens is 3. The first-order valence-corrected chi connectivity index (χ1v) is 8.65. The summed E-state index contributed by atoms with van der Waals surface area (Å²) >= 11 is 0. The number of alkyl halides is 3. The number of hydrogen-bond donors (Lipinski definition) is 2. The van der Waals surface area contributed by atoms with Gasteiger partial charge in [-0.2, -0.15) is 13.2 Å². The smallest absolute Gasteiger partial charge is 0.419 e. The number of nitrogens with two attached hydrogens (primary N) is 1. The molecule has 0 radical (unpaired) electrons. The Labute approximate surface area is 150 Å². The first-order valence-electron chi connectivity index (χ1n) is 8.65. The molecule has 1 amide bonds. The number of carbonyl (C=O) groups excluding carboxylic acids is 1. The van der Waals surface area contributed by atoms with Crippen molar-refractivity contribution >= 4 is 5.91 Å². The van der Waals surface area contributed by atoms with E-state index in [0.29, 0.717) is 12.8 Å². The average molecular weight is 374 g/mol. The predicted octanol–water partition coefficient (Wildman–Crippen LogP) is 2.57. The fourth-order valence-electron chi connectivity index (χ4n) is 3.24. The molecule has 1 atom stereocenters. The third kappa shape index (κ3) is 5.11. The number of benzene rings is 1. The second kappa shape index (κ2) is 8.26. The molecule has 0 aliphatic heterocycles.